The molecular formula is C15H26. The summed E-state index contributed by atoms with van der Waals surface area (Å²) in [6.45, 7) is 9.20. The third-order valence-electron chi connectivity index (χ3n) is 3.33. The van der Waals surface area contributed by atoms with Crippen LogP contribution in [0.5, 0.6) is 0 Å². The van der Waals surface area contributed by atoms with Crippen LogP contribution >= 0.6 is 0 Å². The van der Waals surface area contributed by atoms with Crippen molar-refractivity contribution in [3.05, 3.63) is 24.3 Å². The fourth-order valence-electron chi connectivity index (χ4n) is 2.06. The lowest BCUT2D eigenvalue weighted by molar-refractivity contribution is 0.432. The van der Waals surface area contributed by atoms with E-state index in [1.807, 2.05) is 0 Å². The van der Waals surface area contributed by atoms with Gasteiger partial charge in [-0.15, -0.1) is 0 Å². The van der Waals surface area contributed by atoms with Crippen LogP contribution < -0.4 is 0 Å². The molecule has 0 aromatic carbocycles. The van der Waals surface area contributed by atoms with E-state index in [-0.39, 0.29) is 0 Å². The highest BCUT2D eigenvalue weighted by atomic mass is 14.3. The summed E-state index contributed by atoms with van der Waals surface area (Å²) >= 11 is 0. The maximum absolute atomic E-state index is 2.36. The predicted octanol–water partition coefficient (Wildman–Crippen LogP) is 4.97. The Balaban J connectivity index is 2.30. The molecule has 0 heterocycles. The van der Waals surface area contributed by atoms with Crippen LogP contribution in [0.15, 0.2) is 24.3 Å². The molecule has 86 valence electrons. The summed E-state index contributed by atoms with van der Waals surface area (Å²) in [6, 6.07) is 0. The molecule has 1 saturated carbocycles. The van der Waals surface area contributed by atoms with Crippen molar-refractivity contribution in [3.8, 4) is 0 Å². The Kier molecular flexibility index (Phi) is 4.63. The van der Waals surface area contributed by atoms with E-state index in [9.17, 15) is 0 Å². The average molecular weight is 206 g/mol. The maximum atomic E-state index is 2.36. The van der Waals surface area contributed by atoms with Crippen LogP contribution in [-0.2, 0) is 0 Å². The lowest BCUT2D eigenvalue weighted by atomic mass is 9.88. The zero-order chi connectivity index (χ0) is 11.3. The van der Waals surface area contributed by atoms with E-state index in [1.165, 1.54) is 25.7 Å². The van der Waals surface area contributed by atoms with E-state index in [1.54, 1.807) is 0 Å². The maximum Gasteiger partial charge on any atom is -0.0172 e. The SMILES string of the molecule is CCCC(C)(C)C=CC=CC(C)C1CC1. The van der Waals surface area contributed by atoms with Gasteiger partial charge >= 0.3 is 0 Å². The van der Waals surface area contributed by atoms with Crippen molar-refractivity contribution in [2.45, 2.75) is 53.4 Å². The molecule has 0 N–H and O–H groups in total. The molecule has 1 fully saturated rings. The molecule has 0 aliphatic heterocycles. The van der Waals surface area contributed by atoms with Crippen LogP contribution in [0.2, 0.25) is 0 Å². The molecule has 0 aromatic rings. The first-order chi connectivity index (χ1) is 7.05. The average Bonchev–Trinajstić information content (AvgIpc) is 2.95. The number of rotatable bonds is 6. The van der Waals surface area contributed by atoms with Gasteiger partial charge in [-0.1, -0.05) is 58.4 Å². The minimum absolute atomic E-state index is 0.363. The van der Waals surface area contributed by atoms with Gasteiger partial charge in [0.15, 0.2) is 0 Å². The lowest BCUT2D eigenvalue weighted by Gasteiger charge is -2.18. The van der Waals surface area contributed by atoms with Crippen LogP contribution in [0.4, 0.5) is 0 Å². The summed E-state index contributed by atoms with van der Waals surface area (Å²) in [7, 11) is 0. The highest BCUT2D eigenvalue weighted by Gasteiger charge is 2.25. The van der Waals surface area contributed by atoms with Crippen molar-refractivity contribution in [2.24, 2.45) is 17.3 Å². The van der Waals surface area contributed by atoms with Crippen molar-refractivity contribution < 1.29 is 0 Å². The topological polar surface area (TPSA) is 0 Å². The molecule has 1 atom stereocenters. The number of hydrogen-bond acceptors (Lipinski definition) is 0. The Labute approximate surface area is 95.5 Å². The van der Waals surface area contributed by atoms with Crippen LogP contribution in [0.25, 0.3) is 0 Å². The van der Waals surface area contributed by atoms with E-state index >= 15 is 0 Å². The number of allylic oxidation sites excluding steroid dienone is 4. The van der Waals surface area contributed by atoms with Crippen molar-refractivity contribution in [1.82, 2.24) is 0 Å². The summed E-state index contributed by atoms with van der Waals surface area (Å²) < 4.78 is 0. The molecule has 1 rings (SSSR count). The first-order valence-electron chi connectivity index (χ1n) is 6.41. The van der Waals surface area contributed by atoms with Gasteiger partial charge in [0.05, 0.1) is 0 Å². The van der Waals surface area contributed by atoms with Gasteiger partial charge in [0.25, 0.3) is 0 Å². The normalized spacial score (nSPS) is 20.3. The minimum Gasteiger partial charge on any atom is -0.0814 e. The Morgan fingerprint density at radius 3 is 2.47 bits per heavy atom. The molecular weight excluding hydrogens is 180 g/mol. The highest BCUT2D eigenvalue weighted by Crippen LogP contribution is 2.37. The van der Waals surface area contributed by atoms with Crippen LogP contribution in [0, 0.1) is 17.3 Å². The van der Waals surface area contributed by atoms with Gasteiger partial charge in [-0.05, 0) is 36.5 Å². The van der Waals surface area contributed by atoms with Gasteiger partial charge in [-0.2, -0.15) is 0 Å². The first kappa shape index (κ1) is 12.5. The minimum atomic E-state index is 0.363. The van der Waals surface area contributed by atoms with E-state index in [0.717, 1.165) is 11.8 Å². The Morgan fingerprint density at radius 2 is 1.93 bits per heavy atom. The molecule has 0 amide bonds. The van der Waals surface area contributed by atoms with Crippen molar-refractivity contribution in [1.29, 1.82) is 0 Å². The van der Waals surface area contributed by atoms with Gasteiger partial charge in [0.1, 0.15) is 0 Å². The smallest absolute Gasteiger partial charge is 0.0172 e. The van der Waals surface area contributed by atoms with Gasteiger partial charge in [0, 0.05) is 0 Å². The van der Waals surface area contributed by atoms with Gasteiger partial charge in [0.2, 0.25) is 0 Å². The molecule has 1 aliphatic carbocycles. The Hall–Kier alpha value is -0.520. The number of hydrogen-bond donors (Lipinski definition) is 0. The summed E-state index contributed by atoms with van der Waals surface area (Å²) in [5.74, 6) is 1.77. The van der Waals surface area contributed by atoms with Crippen molar-refractivity contribution in [3.63, 3.8) is 0 Å². The molecule has 15 heavy (non-hydrogen) atoms. The summed E-state index contributed by atoms with van der Waals surface area (Å²) in [5.41, 5.74) is 0.363. The zero-order valence-electron chi connectivity index (χ0n) is 10.8. The van der Waals surface area contributed by atoms with Crippen molar-refractivity contribution >= 4 is 0 Å². The summed E-state index contributed by atoms with van der Waals surface area (Å²) in [5, 5.41) is 0. The third kappa shape index (κ3) is 5.20. The molecule has 0 nitrogen and oxygen atoms in total. The quantitative estimate of drug-likeness (QED) is 0.538. The van der Waals surface area contributed by atoms with Gasteiger partial charge < -0.3 is 0 Å². The van der Waals surface area contributed by atoms with Gasteiger partial charge in [-0.3, -0.25) is 0 Å². The van der Waals surface area contributed by atoms with Crippen LogP contribution in [0.3, 0.4) is 0 Å². The highest BCUT2D eigenvalue weighted by molar-refractivity contribution is 5.09. The molecule has 0 aromatic heterocycles. The second-order valence-electron chi connectivity index (χ2n) is 5.68. The van der Waals surface area contributed by atoms with Gasteiger partial charge in [-0.25, -0.2) is 0 Å². The second-order valence-corrected chi connectivity index (χ2v) is 5.68. The fourth-order valence-corrected chi connectivity index (χ4v) is 2.06. The summed E-state index contributed by atoms with van der Waals surface area (Å²) in [4.78, 5) is 0. The Bertz CT molecular complexity index is 228. The first-order valence-corrected chi connectivity index (χ1v) is 6.41. The standard InChI is InChI=1S/C15H26/c1-5-11-15(3,4)12-7-6-8-13(2)14-9-10-14/h6-8,12-14H,5,9-11H2,1-4H3. The predicted molar refractivity (Wildman–Crippen MR) is 68.9 cm³/mol. The molecule has 0 radical (unpaired) electrons. The summed E-state index contributed by atoms with van der Waals surface area (Å²) in [6.07, 6.45) is 14.6. The van der Waals surface area contributed by atoms with E-state index in [4.69, 9.17) is 0 Å². The molecule has 0 saturated heterocycles. The Morgan fingerprint density at radius 1 is 1.27 bits per heavy atom. The van der Waals surface area contributed by atoms with Crippen LogP contribution in [0.1, 0.15) is 53.4 Å². The largest absolute Gasteiger partial charge is 0.0814 e. The van der Waals surface area contributed by atoms with E-state index in [0.29, 0.717) is 5.41 Å². The lowest BCUT2D eigenvalue weighted by Crippen LogP contribution is -2.05. The monoisotopic (exact) mass is 206 g/mol. The van der Waals surface area contributed by atoms with E-state index in [2.05, 4.69) is 52.0 Å². The molecule has 0 spiro atoms. The van der Waals surface area contributed by atoms with Crippen LogP contribution in [-0.4, -0.2) is 0 Å². The van der Waals surface area contributed by atoms with E-state index < -0.39 is 0 Å². The molecule has 1 aliphatic rings. The molecule has 0 bridgehead atoms. The third-order valence-corrected chi connectivity index (χ3v) is 3.33. The molecule has 0 heteroatoms. The fraction of sp³-hybridized carbons (Fsp3) is 0.733. The zero-order valence-corrected chi connectivity index (χ0v) is 10.8. The van der Waals surface area contributed by atoms with Crippen molar-refractivity contribution in [2.75, 3.05) is 0 Å². The molecule has 1 unspecified atom stereocenters. The second kappa shape index (κ2) is 5.53.